The van der Waals surface area contributed by atoms with Crippen molar-refractivity contribution < 1.29 is 0 Å². The Bertz CT molecular complexity index is 607. The molecule has 1 aliphatic heterocycles. The fraction of sp³-hybridized carbons (Fsp3) is 0.682. The average molecular weight is 499 g/mol. The van der Waals surface area contributed by atoms with Crippen molar-refractivity contribution in [2.24, 2.45) is 10.9 Å². The highest BCUT2D eigenvalue weighted by Crippen LogP contribution is 2.47. The van der Waals surface area contributed by atoms with Crippen molar-refractivity contribution >= 4 is 29.9 Å². The Hall–Kier alpha value is -0.860. The maximum Gasteiger partial charge on any atom is 0.191 e. The predicted molar refractivity (Wildman–Crippen MR) is 130 cm³/mol. The van der Waals surface area contributed by atoms with Crippen LogP contribution in [0.1, 0.15) is 32.3 Å². The second-order valence-corrected chi connectivity index (χ2v) is 8.60. The smallest absolute Gasteiger partial charge is 0.191 e. The van der Waals surface area contributed by atoms with E-state index in [1.165, 1.54) is 18.4 Å². The number of hydrogen-bond acceptors (Lipinski definition) is 3. The Labute approximate surface area is 188 Å². The van der Waals surface area contributed by atoms with Gasteiger partial charge in [0.2, 0.25) is 0 Å². The first-order valence-electron chi connectivity index (χ1n) is 10.5. The van der Waals surface area contributed by atoms with Gasteiger partial charge in [-0.15, -0.1) is 24.0 Å². The molecular weight excluding hydrogens is 461 g/mol. The number of aliphatic imine (C=N–C) groups is 1. The first-order chi connectivity index (χ1) is 13.0. The Morgan fingerprint density at radius 2 is 1.71 bits per heavy atom. The molecule has 2 aliphatic rings. The number of rotatable bonds is 7. The van der Waals surface area contributed by atoms with E-state index < -0.39 is 0 Å². The maximum atomic E-state index is 4.47. The summed E-state index contributed by atoms with van der Waals surface area (Å²) < 4.78 is 0. The molecule has 3 rings (SSSR count). The summed E-state index contributed by atoms with van der Waals surface area (Å²) in [5.74, 6) is 1.55. The van der Waals surface area contributed by atoms with E-state index in [9.17, 15) is 0 Å². The molecule has 0 spiro atoms. The lowest BCUT2D eigenvalue weighted by molar-refractivity contribution is 0.0900. The van der Waals surface area contributed by atoms with E-state index in [0.717, 1.165) is 45.2 Å². The van der Waals surface area contributed by atoms with Gasteiger partial charge in [0, 0.05) is 57.8 Å². The van der Waals surface area contributed by atoms with E-state index in [4.69, 9.17) is 0 Å². The first-order valence-corrected chi connectivity index (χ1v) is 10.5. The van der Waals surface area contributed by atoms with Gasteiger partial charge in [0.15, 0.2) is 5.96 Å². The standard InChI is InChI=1S/C22H37N5.HI/c1-18(2)20(27-14-12-26(4)13-15-27)16-24-21(23-3)25-17-22(10-11-22)19-8-6-5-7-9-19;/h5-9,18,20H,10-17H2,1-4H3,(H2,23,24,25);1H. The number of halogens is 1. The van der Waals surface area contributed by atoms with Crippen LogP contribution < -0.4 is 10.6 Å². The topological polar surface area (TPSA) is 42.9 Å². The van der Waals surface area contributed by atoms with Gasteiger partial charge in [-0.25, -0.2) is 0 Å². The van der Waals surface area contributed by atoms with Gasteiger partial charge in [0.25, 0.3) is 0 Å². The van der Waals surface area contributed by atoms with E-state index >= 15 is 0 Å². The Morgan fingerprint density at radius 1 is 1.07 bits per heavy atom. The number of guanidine groups is 1. The van der Waals surface area contributed by atoms with Gasteiger partial charge in [0.05, 0.1) is 0 Å². The molecule has 0 radical (unpaired) electrons. The van der Waals surface area contributed by atoms with E-state index in [1.807, 2.05) is 7.05 Å². The fourth-order valence-electron chi connectivity index (χ4n) is 4.12. The third kappa shape index (κ3) is 6.07. The molecule has 0 amide bonds. The minimum atomic E-state index is 0. The Kier molecular flexibility index (Phi) is 9.02. The minimum Gasteiger partial charge on any atom is -0.356 e. The lowest BCUT2D eigenvalue weighted by atomic mass is 9.96. The molecular formula is C22H38IN5. The fourth-order valence-corrected chi connectivity index (χ4v) is 4.12. The van der Waals surface area contributed by atoms with E-state index in [2.05, 4.69) is 76.7 Å². The van der Waals surface area contributed by atoms with Gasteiger partial charge in [-0.3, -0.25) is 9.89 Å². The molecule has 1 unspecified atom stereocenters. The zero-order valence-corrected chi connectivity index (χ0v) is 20.3. The third-order valence-electron chi connectivity index (χ3n) is 6.31. The highest BCUT2D eigenvalue weighted by molar-refractivity contribution is 14.0. The molecule has 158 valence electrons. The predicted octanol–water partition coefficient (Wildman–Crippen LogP) is 2.77. The second-order valence-electron chi connectivity index (χ2n) is 8.60. The van der Waals surface area contributed by atoms with Gasteiger partial charge in [-0.2, -0.15) is 0 Å². The van der Waals surface area contributed by atoms with Gasteiger partial charge >= 0.3 is 0 Å². The van der Waals surface area contributed by atoms with Crippen LogP contribution in [0.25, 0.3) is 0 Å². The number of hydrogen-bond donors (Lipinski definition) is 2. The molecule has 1 aromatic rings. The molecule has 2 N–H and O–H groups in total. The minimum absolute atomic E-state index is 0. The van der Waals surface area contributed by atoms with Gasteiger partial charge in [-0.1, -0.05) is 44.2 Å². The van der Waals surface area contributed by atoms with Crippen LogP contribution in [-0.2, 0) is 5.41 Å². The lowest BCUT2D eigenvalue weighted by Crippen LogP contribution is -2.55. The van der Waals surface area contributed by atoms with Crippen molar-refractivity contribution in [3.8, 4) is 0 Å². The summed E-state index contributed by atoms with van der Waals surface area (Å²) in [6.45, 7) is 11.2. The Morgan fingerprint density at radius 3 is 2.25 bits per heavy atom. The molecule has 1 aliphatic carbocycles. The van der Waals surface area contributed by atoms with Gasteiger partial charge in [-0.05, 0) is 31.4 Å². The number of nitrogens with one attached hydrogen (secondary N) is 2. The molecule has 1 heterocycles. The molecule has 0 bridgehead atoms. The van der Waals surface area contributed by atoms with Crippen LogP contribution >= 0.6 is 24.0 Å². The molecule has 28 heavy (non-hydrogen) atoms. The van der Waals surface area contributed by atoms with Crippen molar-refractivity contribution in [1.29, 1.82) is 0 Å². The highest BCUT2D eigenvalue weighted by Gasteiger charge is 2.44. The maximum absolute atomic E-state index is 4.47. The molecule has 0 aromatic heterocycles. The van der Waals surface area contributed by atoms with Crippen molar-refractivity contribution in [3.63, 3.8) is 0 Å². The number of likely N-dealkylation sites (N-methyl/N-ethyl adjacent to an activating group) is 1. The second kappa shape index (κ2) is 10.8. The van der Waals surface area contributed by atoms with Crippen LogP contribution in [0, 0.1) is 5.92 Å². The Balaban J connectivity index is 0.00000280. The van der Waals surface area contributed by atoms with Crippen LogP contribution in [0.4, 0.5) is 0 Å². The molecule has 1 aromatic carbocycles. The molecule has 2 fully saturated rings. The monoisotopic (exact) mass is 499 g/mol. The van der Waals surface area contributed by atoms with E-state index in [0.29, 0.717) is 17.4 Å². The molecule has 6 heteroatoms. The van der Waals surface area contributed by atoms with Crippen molar-refractivity contribution in [2.45, 2.75) is 38.1 Å². The number of benzene rings is 1. The summed E-state index contributed by atoms with van der Waals surface area (Å²) in [6.07, 6.45) is 2.52. The van der Waals surface area contributed by atoms with Gasteiger partial charge < -0.3 is 15.5 Å². The molecule has 1 saturated heterocycles. The third-order valence-corrected chi connectivity index (χ3v) is 6.31. The molecule has 1 saturated carbocycles. The van der Waals surface area contributed by atoms with Crippen LogP contribution in [0.2, 0.25) is 0 Å². The molecule has 5 nitrogen and oxygen atoms in total. The van der Waals surface area contributed by atoms with Crippen molar-refractivity contribution in [2.75, 3.05) is 53.4 Å². The largest absolute Gasteiger partial charge is 0.356 e. The summed E-state index contributed by atoms with van der Waals surface area (Å²) in [5.41, 5.74) is 1.75. The van der Waals surface area contributed by atoms with Crippen molar-refractivity contribution in [1.82, 2.24) is 20.4 Å². The zero-order chi connectivity index (χ0) is 19.3. The number of nitrogens with zero attached hydrogens (tertiary/aromatic N) is 3. The van der Waals surface area contributed by atoms with Crippen LogP contribution in [0.15, 0.2) is 35.3 Å². The van der Waals surface area contributed by atoms with Crippen LogP contribution in [-0.4, -0.2) is 75.2 Å². The molecule has 1 atom stereocenters. The number of piperazine rings is 1. The summed E-state index contributed by atoms with van der Waals surface area (Å²) in [7, 11) is 4.09. The normalized spacial score (nSPS) is 21.1. The van der Waals surface area contributed by atoms with Crippen molar-refractivity contribution in [3.05, 3.63) is 35.9 Å². The first kappa shape index (κ1) is 23.4. The highest BCUT2D eigenvalue weighted by atomic mass is 127. The zero-order valence-electron chi connectivity index (χ0n) is 17.9. The van der Waals surface area contributed by atoms with Gasteiger partial charge in [0.1, 0.15) is 0 Å². The summed E-state index contributed by atoms with van der Waals surface area (Å²) in [6, 6.07) is 11.4. The quantitative estimate of drug-likeness (QED) is 0.344. The summed E-state index contributed by atoms with van der Waals surface area (Å²) in [5, 5.41) is 7.18. The lowest BCUT2D eigenvalue weighted by Gasteiger charge is -2.40. The van der Waals surface area contributed by atoms with Crippen LogP contribution in [0.3, 0.4) is 0 Å². The van der Waals surface area contributed by atoms with Crippen LogP contribution in [0.5, 0.6) is 0 Å². The van der Waals surface area contributed by atoms with E-state index in [-0.39, 0.29) is 24.0 Å². The summed E-state index contributed by atoms with van der Waals surface area (Å²) >= 11 is 0. The van der Waals surface area contributed by atoms with E-state index in [1.54, 1.807) is 0 Å². The summed E-state index contributed by atoms with van der Waals surface area (Å²) in [4.78, 5) is 9.52. The average Bonchev–Trinajstić information content (AvgIpc) is 3.47. The SMILES string of the molecule is CN=C(NCC(C(C)C)N1CCN(C)CC1)NCC1(c2ccccc2)CC1.I.